The molecule has 0 aliphatic heterocycles. The van der Waals surface area contributed by atoms with E-state index in [2.05, 4.69) is 9.97 Å². The molecule has 0 amide bonds. The first-order valence-corrected chi connectivity index (χ1v) is 11.5. The van der Waals surface area contributed by atoms with Crippen LogP contribution < -0.4 is 17.1 Å². The number of aromatic nitrogens is 2. The van der Waals surface area contributed by atoms with Gasteiger partial charge in [0.25, 0.3) is 0 Å². The molecule has 4 rings (SSSR count). The standard InChI is InChI=1S/2C11H11NO2.2Al.O/c2*1-7-6-10(14-2)8-4-3-5-9(13)11(8)12-7;;;/h2*3-6,13H,1-2H3;;;/q;;2*+1;/p-2. The zero-order chi connectivity index (χ0) is 21.8. The largest absolute Gasteiger partial charge is 0.743 e. The summed E-state index contributed by atoms with van der Waals surface area (Å²) in [7, 11) is 3.30. The topological polar surface area (TPSA) is 71.9 Å². The van der Waals surface area contributed by atoms with Crippen molar-refractivity contribution >= 4 is 53.6 Å². The fraction of sp³-hybridized carbons (Fsp3) is 0.182. The van der Waals surface area contributed by atoms with Gasteiger partial charge in [0.1, 0.15) is 34.0 Å². The normalized spacial score (nSPS) is 10.7. The number of hydrogen-bond donors (Lipinski definition) is 0. The highest BCUT2D eigenvalue weighted by molar-refractivity contribution is 6.35. The third-order valence-electron chi connectivity index (χ3n) is 4.69. The van der Waals surface area contributed by atoms with E-state index >= 15 is 0 Å². The minimum absolute atomic E-state index is 0.668. The Morgan fingerprint density at radius 3 is 1.52 bits per heavy atom. The Bertz CT molecular complexity index is 1140. The van der Waals surface area contributed by atoms with Gasteiger partial charge in [-0.1, -0.05) is 12.1 Å². The van der Waals surface area contributed by atoms with Gasteiger partial charge in [0, 0.05) is 34.3 Å². The van der Waals surface area contributed by atoms with Crippen molar-refractivity contribution in [3.8, 4) is 23.0 Å². The second-order valence-electron chi connectivity index (χ2n) is 6.80. The Morgan fingerprint density at radius 2 is 1.10 bits per heavy atom. The molecule has 9 heteroatoms. The third kappa shape index (κ3) is 4.72. The van der Waals surface area contributed by atoms with Gasteiger partial charge in [-0.15, -0.1) is 0 Å². The molecule has 0 saturated carbocycles. The summed E-state index contributed by atoms with van der Waals surface area (Å²) < 4.78 is 28.5. The molecule has 0 aliphatic rings. The number of ether oxygens (including phenoxy) is 2. The Labute approximate surface area is 194 Å². The highest BCUT2D eigenvalue weighted by atomic mass is 27.3. The van der Waals surface area contributed by atoms with E-state index in [4.69, 9.17) is 19.9 Å². The van der Waals surface area contributed by atoms with Crippen LogP contribution in [0, 0.1) is 13.8 Å². The first-order chi connectivity index (χ1) is 15.1. The fourth-order valence-electron chi connectivity index (χ4n) is 3.34. The second kappa shape index (κ2) is 9.74. The molecule has 2 radical (unpaired) electrons. The van der Waals surface area contributed by atoms with Crippen LogP contribution in [0.4, 0.5) is 0 Å². The minimum Gasteiger partial charge on any atom is -0.626 e. The van der Waals surface area contributed by atoms with Crippen LogP contribution in [0.1, 0.15) is 11.4 Å². The molecule has 2 aromatic carbocycles. The summed E-state index contributed by atoms with van der Waals surface area (Å²) in [4.78, 5) is 9.20. The van der Waals surface area contributed by atoms with E-state index in [9.17, 15) is 0 Å². The van der Waals surface area contributed by atoms with Gasteiger partial charge >= 0.3 is 31.8 Å². The van der Waals surface area contributed by atoms with E-state index in [1.807, 2.05) is 62.4 Å². The maximum absolute atomic E-state index is 5.90. The molecule has 7 nitrogen and oxygen atoms in total. The summed E-state index contributed by atoms with van der Waals surface area (Å²) in [5.41, 5.74) is 3.23. The van der Waals surface area contributed by atoms with Gasteiger partial charge in [-0.25, -0.2) is 9.97 Å². The number of para-hydroxylation sites is 2. The summed E-state index contributed by atoms with van der Waals surface area (Å²) in [6.45, 7) is 3.85. The SMILES string of the molecule is COc1cc(C)nc2c([O][Al][O][Al][O]c3cccc4c(OC)cc(C)nc34)cccc12. The lowest BCUT2D eigenvalue weighted by atomic mass is 10.1. The van der Waals surface area contributed by atoms with Crippen LogP contribution in [0.2, 0.25) is 0 Å². The van der Waals surface area contributed by atoms with E-state index in [0.717, 1.165) is 44.7 Å². The van der Waals surface area contributed by atoms with Gasteiger partial charge in [0.2, 0.25) is 0 Å². The lowest BCUT2D eigenvalue weighted by Crippen LogP contribution is -2.16. The predicted octanol–water partition coefficient (Wildman–Crippen LogP) is 3.96. The van der Waals surface area contributed by atoms with Crippen LogP contribution in [0.15, 0.2) is 48.5 Å². The van der Waals surface area contributed by atoms with Gasteiger partial charge in [0.05, 0.1) is 14.2 Å². The quantitative estimate of drug-likeness (QED) is 0.300. The van der Waals surface area contributed by atoms with Crippen LogP contribution in [0.3, 0.4) is 0 Å². The van der Waals surface area contributed by atoms with Crippen molar-refractivity contribution in [2.75, 3.05) is 14.2 Å². The number of hydrogen-bond acceptors (Lipinski definition) is 7. The summed E-state index contributed by atoms with van der Waals surface area (Å²) in [6, 6.07) is 15.3. The first-order valence-electron chi connectivity index (χ1n) is 9.61. The summed E-state index contributed by atoms with van der Waals surface area (Å²) >= 11 is -1.53. The molecule has 154 valence electrons. The molecule has 0 N–H and O–H groups in total. The number of fused-ring (bicyclic) bond motifs is 2. The third-order valence-corrected chi connectivity index (χ3v) is 6.28. The number of benzene rings is 2. The van der Waals surface area contributed by atoms with Crippen molar-refractivity contribution in [3.05, 3.63) is 59.9 Å². The fourth-order valence-corrected chi connectivity index (χ4v) is 4.55. The van der Waals surface area contributed by atoms with Crippen molar-refractivity contribution in [3.63, 3.8) is 0 Å². The summed E-state index contributed by atoms with van der Waals surface area (Å²) in [6.07, 6.45) is 0. The van der Waals surface area contributed by atoms with Gasteiger partial charge in [-0.05, 0) is 38.1 Å². The number of methoxy groups -OCH3 is 2. The number of nitrogens with zero attached hydrogens (tertiary/aromatic N) is 2. The molecular weight excluding hydrogens is 426 g/mol. The van der Waals surface area contributed by atoms with Gasteiger partial charge < -0.3 is 19.9 Å². The van der Waals surface area contributed by atoms with E-state index < -0.39 is 31.8 Å². The van der Waals surface area contributed by atoms with Crippen LogP contribution >= 0.6 is 0 Å². The molecule has 0 aliphatic carbocycles. The van der Waals surface area contributed by atoms with E-state index in [-0.39, 0.29) is 0 Å². The molecule has 2 aromatic heterocycles. The van der Waals surface area contributed by atoms with Gasteiger partial charge in [-0.2, -0.15) is 0 Å². The highest BCUT2D eigenvalue weighted by Gasteiger charge is 2.14. The van der Waals surface area contributed by atoms with Crippen molar-refractivity contribution in [2.45, 2.75) is 13.8 Å². The van der Waals surface area contributed by atoms with E-state index in [1.165, 1.54) is 0 Å². The molecule has 0 saturated heterocycles. The average molecular weight is 446 g/mol. The first kappa shape index (κ1) is 21.7. The molecule has 0 unspecified atom stereocenters. The molecule has 0 bridgehead atoms. The minimum atomic E-state index is -0.765. The smallest absolute Gasteiger partial charge is 0.626 e. The van der Waals surface area contributed by atoms with Crippen LogP contribution in [-0.2, 0) is 2.84 Å². The van der Waals surface area contributed by atoms with Gasteiger partial charge in [-0.3, -0.25) is 0 Å². The Morgan fingerprint density at radius 1 is 0.645 bits per heavy atom. The van der Waals surface area contributed by atoms with E-state index in [0.29, 0.717) is 11.5 Å². The molecule has 31 heavy (non-hydrogen) atoms. The number of aryl methyl sites for hydroxylation is 2. The van der Waals surface area contributed by atoms with Crippen LogP contribution in [0.5, 0.6) is 23.0 Å². The van der Waals surface area contributed by atoms with Crippen molar-refractivity contribution in [1.29, 1.82) is 0 Å². The maximum atomic E-state index is 5.90. The van der Waals surface area contributed by atoms with Gasteiger partial charge in [0.15, 0.2) is 0 Å². The Balaban J connectivity index is 1.43. The molecule has 0 spiro atoms. The molecule has 0 atom stereocenters. The lowest BCUT2D eigenvalue weighted by molar-refractivity contribution is 0.415. The number of pyridine rings is 2. The van der Waals surface area contributed by atoms with Crippen LogP contribution in [-0.4, -0.2) is 56.0 Å². The van der Waals surface area contributed by atoms with E-state index in [1.54, 1.807) is 14.2 Å². The van der Waals surface area contributed by atoms with Crippen molar-refractivity contribution in [1.82, 2.24) is 9.97 Å². The molecular formula is C22H20Al2N2O5. The lowest BCUT2D eigenvalue weighted by Gasteiger charge is -2.13. The Hall–Kier alpha value is -2.52. The average Bonchev–Trinajstić information content (AvgIpc) is 2.78. The summed E-state index contributed by atoms with van der Waals surface area (Å²) in [5, 5.41) is 1.81. The molecule has 4 aromatic rings. The monoisotopic (exact) mass is 446 g/mol. The zero-order valence-electron chi connectivity index (χ0n) is 17.7. The zero-order valence-corrected chi connectivity index (χ0v) is 20.0. The highest BCUT2D eigenvalue weighted by Crippen LogP contribution is 2.32. The Kier molecular flexibility index (Phi) is 6.82. The maximum Gasteiger partial charge on any atom is 0.743 e. The predicted molar refractivity (Wildman–Crippen MR) is 120 cm³/mol. The molecule has 0 fully saturated rings. The van der Waals surface area contributed by atoms with Crippen molar-refractivity contribution < 1.29 is 19.9 Å². The number of rotatable bonds is 8. The van der Waals surface area contributed by atoms with Crippen molar-refractivity contribution in [2.24, 2.45) is 0 Å². The molecule has 2 heterocycles. The van der Waals surface area contributed by atoms with Crippen LogP contribution in [0.25, 0.3) is 21.8 Å². The second-order valence-corrected chi connectivity index (χ2v) is 8.75. The summed E-state index contributed by atoms with van der Waals surface area (Å²) in [5.74, 6) is 2.88.